The van der Waals surface area contributed by atoms with E-state index in [0.29, 0.717) is 0 Å². The van der Waals surface area contributed by atoms with Crippen molar-refractivity contribution in [2.24, 2.45) is 0 Å². The molecule has 1 aliphatic heterocycles. The van der Waals surface area contributed by atoms with Gasteiger partial charge < -0.3 is 10.5 Å². The van der Waals surface area contributed by atoms with E-state index < -0.39 is 0 Å². The van der Waals surface area contributed by atoms with Gasteiger partial charge >= 0.3 is 0 Å². The molecule has 3 heterocycles. The Morgan fingerprint density at radius 1 is 1.29 bits per heavy atom. The van der Waals surface area contributed by atoms with E-state index in [4.69, 9.17) is 10.5 Å². The van der Waals surface area contributed by atoms with E-state index in [0.717, 1.165) is 39.3 Å². The van der Waals surface area contributed by atoms with Crippen LogP contribution in [-0.4, -0.2) is 41.1 Å². The predicted molar refractivity (Wildman–Crippen MR) is 102 cm³/mol. The van der Waals surface area contributed by atoms with E-state index in [1.54, 1.807) is 17.5 Å². The number of hydrogen-bond donors (Lipinski definition) is 1. The molecule has 0 spiro atoms. The number of nitrogens with zero attached hydrogens (tertiary/aromatic N) is 3. The first-order valence-electron chi connectivity index (χ1n) is 7.86. The number of nitrogen functional groups attached to an aromatic ring is 1. The van der Waals surface area contributed by atoms with Crippen LogP contribution in [0.3, 0.4) is 0 Å². The van der Waals surface area contributed by atoms with Crippen LogP contribution < -0.4 is 10.5 Å². The topological polar surface area (TPSA) is 64.3 Å². The summed E-state index contributed by atoms with van der Waals surface area (Å²) >= 11 is 5.18. The summed E-state index contributed by atoms with van der Waals surface area (Å²) in [5.41, 5.74) is 6.54. The molecule has 4 rings (SSSR count). The molecule has 0 saturated carbocycles. The van der Waals surface area contributed by atoms with Crippen LogP contribution in [0.4, 0.5) is 5.95 Å². The fourth-order valence-electron chi connectivity index (χ4n) is 2.68. The van der Waals surface area contributed by atoms with Gasteiger partial charge in [0.1, 0.15) is 12.4 Å². The van der Waals surface area contributed by atoms with Crippen LogP contribution in [0.15, 0.2) is 34.9 Å². The zero-order valence-corrected chi connectivity index (χ0v) is 15.4. The highest BCUT2D eigenvalue weighted by molar-refractivity contribution is 9.10. The Bertz CT molecular complexity index is 878. The molecule has 7 heteroatoms. The summed E-state index contributed by atoms with van der Waals surface area (Å²) in [6.07, 6.45) is 3.00. The monoisotopic (exact) mass is 404 g/mol. The third kappa shape index (κ3) is 3.24. The molecule has 1 aromatic carbocycles. The molecule has 124 valence electrons. The van der Waals surface area contributed by atoms with Gasteiger partial charge in [0.25, 0.3) is 0 Å². The molecule has 0 bridgehead atoms. The smallest absolute Gasteiger partial charge is 0.220 e. The van der Waals surface area contributed by atoms with Crippen molar-refractivity contribution < 1.29 is 4.74 Å². The van der Waals surface area contributed by atoms with E-state index in [-0.39, 0.29) is 5.95 Å². The molecule has 0 atom stereocenters. The van der Waals surface area contributed by atoms with E-state index >= 15 is 0 Å². The number of benzene rings is 1. The molecule has 2 aromatic heterocycles. The van der Waals surface area contributed by atoms with Crippen molar-refractivity contribution in [2.45, 2.75) is 6.42 Å². The second-order valence-corrected chi connectivity index (χ2v) is 7.72. The number of ether oxygens (including phenoxy) is 1. The van der Waals surface area contributed by atoms with Gasteiger partial charge in [-0.1, -0.05) is 0 Å². The summed E-state index contributed by atoms with van der Waals surface area (Å²) < 4.78 is 7.93. The minimum atomic E-state index is 0.278. The van der Waals surface area contributed by atoms with Crippen LogP contribution in [0, 0.1) is 0 Å². The first kappa shape index (κ1) is 15.8. The molecule has 0 amide bonds. The van der Waals surface area contributed by atoms with Crippen molar-refractivity contribution in [3.05, 3.63) is 34.9 Å². The van der Waals surface area contributed by atoms with Crippen molar-refractivity contribution in [3.8, 4) is 16.3 Å². The third-order valence-electron chi connectivity index (χ3n) is 4.11. The summed E-state index contributed by atoms with van der Waals surface area (Å²) in [4.78, 5) is 11.8. The number of nitrogens with two attached hydrogens (primary N) is 1. The zero-order chi connectivity index (χ0) is 16.5. The standard InChI is InChI=1S/C17H17BrN4OS/c18-13-10-20-17(19)21-16(13)15-9-11-8-12(2-3-14(11)24-15)23-7-6-22-4-1-5-22/h2-3,8-10H,1,4-7H2,(H2,19,20,21). The lowest BCUT2D eigenvalue weighted by Gasteiger charge is -2.30. The Kier molecular flexibility index (Phi) is 4.39. The minimum absolute atomic E-state index is 0.278. The van der Waals surface area contributed by atoms with Gasteiger partial charge in [0, 0.05) is 17.4 Å². The molecule has 0 aliphatic carbocycles. The van der Waals surface area contributed by atoms with Gasteiger partial charge in [-0.05, 0) is 65.1 Å². The lowest BCUT2D eigenvalue weighted by molar-refractivity contribution is 0.147. The maximum atomic E-state index is 5.89. The largest absolute Gasteiger partial charge is 0.492 e. The van der Waals surface area contributed by atoms with Gasteiger partial charge in [-0.25, -0.2) is 9.97 Å². The number of likely N-dealkylation sites (tertiary alicyclic amines) is 1. The van der Waals surface area contributed by atoms with Gasteiger partial charge in [-0.3, -0.25) is 4.90 Å². The SMILES string of the molecule is Nc1ncc(Br)c(-c2cc3cc(OCCN4CCC4)ccc3s2)n1. The summed E-state index contributed by atoms with van der Waals surface area (Å²) in [5, 5.41) is 1.15. The Morgan fingerprint density at radius 2 is 2.17 bits per heavy atom. The molecule has 0 radical (unpaired) electrons. The number of hydrogen-bond acceptors (Lipinski definition) is 6. The lowest BCUT2D eigenvalue weighted by atomic mass is 10.2. The van der Waals surface area contributed by atoms with Crippen molar-refractivity contribution in [1.29, 1.82) is 0 Å². The average molecular weight is 405 g/mol. The number of rotatable bonds is 5. The zero-order valence-electron chi connectivity index (χ0n) is 13.0. The first-order chi connectivity index (χ1) is 11.7. The fourth-order valence-corrected chi connectivity index (χ4v) is 4.26. The Hall–Kier alpha value is -1.70. The van der Waals surface area contributed by atoms with Crippen LogP contribution in [0.5, 0.6) is 5.75 Å². The Labute approximate surface area is 152 Å². The average Bonchev–Trinajstić information content (AvgIpc) is 2.95. The predicted octanol–water partition coefficient (Wildman–Crippen LogP) is 3.79. The quantitative estimate of drug-likeness (QED) is 0.700. The molecule has 1 saturated heterocycles. The third-order valence-corrected chi connectivity index (χ3v) is 5.81. The van der Waals surface area contributed by atoms with Gasteiger partial charge in [0.15, 0.2) is 0 Å². The molecule has 0 unspecified atom stereocenters. The maximum absolute atomic E-state index is 5.89. The molecule has 24 heavy (non-hydrogen) atoms. The molecule has 3 aromatic rings. The lowest BCUT2D eigenvalue weighted by Crippen LogP contribution is -2.39. The highest BCUT2D eigenvalue weighted by Crippen LogP contribution is 2.37. The molecule has 2 N–H and O–H groups in total. The van der Waals surface area contributed by atoms with E-state index in [1.165, 1.54) is 24.2 Å². The number of thiophene rings is 1. The Balaban J connectivity index is 1.55. The van der Waals surface area contributed by atoms with Crippen LogP contribution >= 0.6 is 27.3 Å². The summed E-state index contributed by atoms with van der Waals surface area (Å²) in [6, 6.07) is 8.34. The summed E-state index contributed by atoms with van der Waals surface area (Å²) in [7, 11) is 0. The summed E-state index contributed by atoms with van der Waals surface area (Å²) in [6.45, 7) is 4.14. The second-order valence-electron chi connectivity index (χ2n) is 5.78. The van der Waals surface area contributed by atoms with Crippen LogP contribution in [-0.2, 0) is 0 Å². The second kappa shape index (κ2) is 6.66. The number of fused-ring (bicyclic) bond motifs is 1. The molecule has 1 fully saturated rings. The molecule has 1 aliphatic rings. The number of aromatic nitrogens is 2. The van der Waals surface area contributed by atoms with Crippen LogP contribution in [0.2, 0.25) is 0 Å². The van der Waals surface area contributed by atoms with E-state index in [1.807, 2.05) is 6.07 Å². The van der Waals surface area contributed by atoms with Crippen LogP contribution in [0.25, 0.3) is 20.7 Å². The minimum Gasteiger partial charge on any atom is -0.492 e. The highest BCUT2D eigenvalue weighted by Gasteiger charge is 2.13. The first-order valence-corrected chi connectivity index (χ1v) is 9.47. The summed E-state index contributed by atoms with van der Waals surface area (Å²) in [5.74, 6) is 1.19. The molecular formula is C17H17BrN4OS. The van der Waals surface area contributed by atoms with Gasteiger partial charge in [0.2, 0.25) is 5.95 Å². The highest BCUT2D eigenvalue weighted by atomic mass is 79.9. The van der Waals surface area contributed by atoms with Crippen molar-refractivity contribution >= 4 is 43.3 Å². The van der Waals surface area contributed by atoms with E-state index in [2.05, 4.69) is 49.0 Å². The molecular weight excluding hydrogens is 388 g/mol. The van der Waals surface area contributed by atoms with E-state index in [9.17, 15) is 0 Å². The maximum Gasteiger partial charge on any atom is 0.220 e. The van der Waals surface area contributed by atoms with Gasteiger partial charge in [0.05, 0.1) is 15.0 Å². The Morgan fingerprint density at radius 3 is 2.96 bits per heavy atom. The van der Waals surface area contributed by atoms with Crippen molar-refractivity contribution in [2.75, 3.05) is 32.0 Å². The van der Waals surface area contributed by atoms with Crippen molar-refractivity contribution in [1.82, 2.24) is 14.9 Å². The van der Waals surface area contributed by atoms with Crippen molar-refractivity contribution in [3.63, 3.8) is 0 Å². The number of anilines is 1. The van der Waals surface area contributed by atoms with Crippen LogP contribution in [0.1, 0.15) is 6.42 Å². The number of halogens is 1. The fraction of sp³-hybridized carbons (Fsp3) is 0.294. The van der Waals surface area contributed by atoms with Gasteiger partial charge in [-0.2, -0.15) is 0 Å². The van der Waals surface area contributed by atoms with Gasteiger partial charge in [-0.15, -0.1) is 11.3 Å². The molecule has 5 nitrogen and oxygen atoms in total. The normalized spacial score (nSPS) is 14.7.